The van der Waals surface area contributed by atoms with Crippen molar-refractivity contribution in [3.05, 3.63) is 0 Å². The summed E-state index contributed by atoms with van der Waals surface area (Å²) < 4.78 is 0. The first-order chi connectivity index (χ1) is 5.60. The van der Waals surface area contributed by atoms with Gasteiger partial charge in [-0.1, -0.05) is 0 Å². The lowest BCUT2D eigenvalue weighted by Crippen LogP contribution is -2.48. The molecule has 0 aromatic carbocycles. The Kier molecular flexibility index (Phi) is 1.67. The second kappa shape index (κ2) is 2.48. The SMILES string of the molecule is CC(=O)N[C@]1(C)C[C@H]2CC[C@H]1C2. The van der Waals surface area contributed by atoms with Gasteiger partial charge in [0.2, 0.25) is 5.91 Å². The minimum Gasteiger partial charge on any atom is -0.351 e. The summed E-state index contributed by atoms with van der Waals surface area (Å²) in [5.41, 5.74) is 0.134. The fourth-order valence-corrected chi connectivity index (χ4v) is 3.16. The van der Waals surface area contributed by atoms with Crippen molar-refractivity contribution in [1.82, 2.24) is 5.32 Å². The van der Waals surface area contributed by atoms with Crippen LogP contribution in [0.1, 0.15) is 39.5 Å². The van der Waals surface area contributed by atoms with Gasteiger partial charge in [-0.2, -0.15) is 0 Å². The first kappa shape index (κ1) is 8.09. The molecule has 0 heterocycles. The molecule has 12 heavy (non-hydrogen) atoms. The van der Waals surface area contributed by atoms with Gasteiger partial charge in [0, 0.05) is 12.5 Å². The molecule has 3 atom stereocenters. The normalized spacial score (nSPS) is 44.8. The molecule has 2 aliphatic carbocycles. The highest BCUT2D eigenvalue weighted by Crippen LogP contribution is 2.50. The van der Waals surface area contributed by atoms with Crippen LogP contribution < -0.4 is 5.32 Å². The van der Waals surface area contributed by atoms with Gasteiger partial charge in [0.25, 0.3) is 0 Å². The van der Waals surface area contributed by atoms with Crippen molar-refractivity contribution in [1.29, 1.82) is 0 Å². The molecule has 0 aliphatic heterocycles. The molecular formula is C10H17NO. The van der Waals surface area contributed by atoms with Crippen LogP contribution in [-0.2, 0) is 4.79 Å². The minimum absolute atomic E-state index is 0.130. The van der Waals surface area contributed by atoms with Crippen molar-refractivity contribution in [2.24, 2.45) is 11.8 Å². The van der Waals surface area contributed by atoms with Crippen molar-refractivity contribution in [2.45, 2.75) is 45.1 Å². The molecule has 2 nitrogen and oxygen atoms in total. The van der Waals surface area contributed by atoms with Gasteiger partial charge < -0.3 is 5.32 Å². The molecule has 68 valence electrons. The van der Waals surface area contributed by atoms with Gasteiger partial charge >= 0.3 is 0 Å². The van der Waals surface area contributed by atoms with Gasteiger partial charge in [0.15, 0.2) is 0 Å². The molecule has 0 spiro atoms. The number of fused-ring (bicyclic) bond motifs is 2. The topological polar surface area (TPSA) is 29.1 Å². The summed E-state index contributed by atoms with van der Waals surface area (Å²) in [6.07, 6.45) is 5.26. The van der Waals surface area contributed by atoms with E-state index in [4.69, 9.17) is 0 Å². The third-order valence-corrected chi connectivity index (χ3v) is 3.62. The maximum absolute atomic E-state index is 11.0. The summed E-state index contributed by atoms with van der Waals surface area (Å²) in [5, 5.41) is 3.11. The van der Waals surface area contributed by atoms with Crippen molar-refractivity contribution in [2.75, 3.05) is 0 Å². The molecule has 2 heteroatoms. The highest BCUT2D eigenvalue weighted by atomic mass is 16.1. The molecule has 2 bridgehead atoms. The molecule has 2 aliphatic rings. The Balaban J connectivity index is 2.07. The summed E-state index contributed by atoms with van der Waals surface area (Å²) in [5.74, 6) is 1.78. The Hall–Kier alpha value is -0.530. The second-order valence-electron chi connectivity index (χ2n) is 4.68. The Bertz CT molecular complexity index is 214. The highest BCUT2D eigenvalue weighted by molar-refractivity contribution is 5.73. The van der Waals surface area contributed by atoms with Crippen LogP contribution in [0.5, 0.6) is 0 Å². The molecule has 0 saturated heterocycles. The van der Waals surface area contributed by atoms with Crippen molar-refractivity contribution in [3.63, 3.8) is 0 Å². The van der Waals surface area contributed by atoms with Crippen LogP contribution in [0.3, 0.4) is 0 Å². The van der Waals surface area contributed by atoms with E-state index in [1.165, 1.54) is 25.7 Å². The molecule has 0 radical (unpaired) electrons. The third-order valence-electron chi connectivity index (χ3n) is 3.62. The molecule has 2 saturated carbocycles. The molecule has 0 unspecified atom stereocenters. The third kappa shape index (κ3) is 1.13. The number of carbonyl (C=O) groups excluding carboxylic acids is 1. The van der Waals surface area contributed by atoms with E-state index in [1.807, 2.05) is 0 Å². The predicted molar refractivity (Wildman–Crippen MR) is 47.7 cm³/mol. The molecule has 2 rings (SSSR count). The van der Waals surface area contributed by atoms with Crippen LogP contribution in [0.15, 0.2) is 0 Å². The van der Waals surface area contributed by atoms with E-state index < -0.39 is 0 Å². The van der Waals surface area contributed by atoms with Gasteiger partial charge in [0.05, 0.1) is 0 Å². The van der Waals surface area contributed by atoms with Crippen LogP contribution in [-0.4, -0.2) is 11.4 Å². The lowest BCUT2D eigenvalue weighted by molar-refractivity contribution is -0.121. The van der Waals surface area contributed by atoms with E-state index >= 15 is 0 Å². The number of nitrogens with one attached hydrogen (secondary N) is 1. The monoisotopic (exact) mass is 167 g/mol. The van der Waals surface area contributed by atoms with E-state index in [0.717, 1.165) is 11.8 Å². The maximum Gasteiger partial charge on any atom is 0.217 e. The first-order valence-electron chi connectivity index (χ1n) is 4.89. The van der Waals surface area contributed by atoms with Crippen LogP contribution in [0, 0.1) is 11.8 Å². The van der Waals surface area contributed by atoms with E-state index in [0.29, 0.717) is 0 Å². The molecular weight excluding hydrogens is 150 g/mol. The molecule has 1 amide bonds. The van der Waals surface area contributed by atoms with Crippen molar-refractivity contribution >= 4 is 5.91 Å². The van der Waals surface area contributed by atoms with Crippen LogP contribution in [0.4, 0.5) is 0 Å². The standard InChI is InChI=1S/C10H17NO/c1-7(12)11-10(2)6-8-3-4-9(10)5-8/h8-9H,3-6H2,1-2H3,(H,11,12)/t8-,9-,10+/m0/s1. The van der Waals surface area contributed by atoms with Crippen molar-refractivity contribution < 1.29 is 4.79 Å². The number of carbonyl (C=O) groups is 1. The lowest BCUT2D eigenvalue weighted by atomic mass is 9.82. The average Bonchev–Trinajstić information content (AvgIpc) is 2.42. The van der Waals surface area contributed by atoms with E-state index in [2.05, 4.69) is 12.2 Å². The zero-order chi connectivity index (χ0) is 8.77. The van der Waals surface area contributed by atoms with Gasteiger partial charge in [0.1, 0.15) is 0 Å². The van der Waals surface area contributed by atoms with E-state index in [9.17, 15) is 4.79 Å². The minimum atomic E-state index is 0.130. The number of amides is 1. The lowest BCUT2D eigenvalue weighted by Gasteiger charge is -2.34. The van der Waals surface area contributed by atoms with Crippen molar-refractivity contribution in [3.8, 4) is 0 Å². The smallest absolute Gasteiger partial charge is 0.217 e. The molecule has 0 aromatic rings. The van der Waals surface area contributed by atoms with Crippen LogP contribution in [0.25, 0.3) is 0 Å². The quantitative estimate of drug-likeness (QED) is 0.632. The predicted octanol–water partition coefficient (Wildman–Crippen LogP) is 1.70. The molecule has 2 fully saturated rings. The fourth-order valence-electron chi connectivity index (χ4n) is 3.16. The number of hydrogen-bond acceptors (Lipinski definition) is 1. The summed E-state index contributed by atoms with van der Waals surface area (Å²) in [4.78, 5) is 11.0. The van der Waals surface area contributed by atoms with Gasteiger partial charge in [-0.25, -0.2) is 0 Å². The van der Waals surface area contributed by atoms with Crippen LogP contribution >= 0.6 is 0 Å². The Labute approximate surface area is 73.7 Å². The second-order valence-corrected chi connectivity index (χ2v) is 4.68. The average molecular weight is 167 g/mol. The molecule has 1 N–H and O–H groups in total. The Morgan fingerprint density at radius 2 is 2.25 bits per heavy atom. The van der Waals surface area contributed by atoms with Gasteiger partial charge in [-0.15, -0.1) is 0 Å². The number of rotatable bonds is 1. The number of hydrogen-bond donors (Lipinski definition) is 1. The van der Waals surface area contributed by atoms with E-state index in [1.54, 1.807) is 6.92 Å². The van der Waals surface area contributed by atoms with Gasteiger partial charge in [-0.05, 0) is 44.4 Å². The summed E-state index contributed by atoms with van der Waals surface area (Å²) >= 11 is 0. The summed E-state index contributed by atoms with van der Waals surface area (Å²) in [6.45, 7) is 3.83. The Morgan fingerprint density at radius 1 is 1.50 bits per heavy atom. The van der Waals surface area contributed by atoms with Gasteiger partial charge in [-0.3, -0.25) is 4.79 Å². The van der Waals surface area contributed by atoms with Crippen LogP contribution in [0.2, 0.25) is 0 Å². The highest BCUT2D eigenvalue weighted by Gasteiger charge is 2.48. The zero-order valence-electron chi connectivity index (χ0n) is 7.89. The fraction of sp³-hybridized carbons (Fsp3) is 0.900. The Morgan fingerprint density at radius 3 is 2.67 bits per heavy atom. The zero-order valence-corrected chi connectivity index (χ0v) is 7.89. The first-order valence-corrected chi connectivity index (χ1v) is 4.89. The van der Waals surface area contributed by atoms with E-state index in [-0.39, 0.29) is 11.4 Å². The summed E-state index contributed by atoms with van der Waals surface area (Å²) in [6, 6.07) is 0. The maximum atomic E-state index is 11.0. The largest absolute Gasteiger partial charge is 0.351 e. The molecule has 0 aromatic heterocycles. The summed E-state index contributed by atoms with van der Waals surface area (Å²) in [7, 11) is 0.